The van der Waals surface area contributed by atoms with E-state index in [1.54, 1.807) is 11.6 Å². The fourth-order valence-corrected chi connectivity index (χ4v) is 5.37. The van der Waals surface area contributed by atoms with E-state index in [4.69, 9.17) is 0 Å². The highest BCUT2D eigenvalue weighted by molar-refractivity contribution is 7.88. The number of sulfonamides is 1. The summed E-state index contributed by atoms with van der Waals surface area (Å²) in [5, 5.41) is 9.34. The largest absolute Gasteiger partial charge is 0.289 e. The number of hydrazine groups is 1. The highest BCUT2D eigenvalue weighted by Crippen LogP contribution is 2.27. The molecule has 1 fully saturated rings. The van der Waals surface area contributed by atoms with Gasteiger partial charge in [0.05, 0.1) is 18.1 Å². The lowest BCUT2D eigenvalue weighted by Gasteiger charge is -2.34. The summed E-state index contributed by atoms with van der Waals surface area (Å²) < 4.78 is 26.0. The minimum atomic E-state index is -3.69. The third-order valence-corrected chi connectivity index (χ3v) is 7.08. The maximum absolute atomic E-state index is 13.4. The normalized spacial score (nSPS) is 17.3. The van der Waals surface area contributed by atoms with Crippen molar-refractivity contribution in [2.24, 2.45) is 17.8 Å². The molecule has 0 heterocycles. The Morgan fingerprint density at radius 2 is 1.73 bits per heavy atom. The molecule has 0 bridgehead atoms. The predicted molar refractivity (Wildman–Crippen MR) is 128 cm³/mol. The van der Waals surface area contributed by atoms with Gasteiger partial charge in [0, 0.05) is 6.04 Å². The summed E-state index contributed by atoms with van der Waals surface area (Å²) >= 11 is 0. The van der Waals surface area contributed by atoms with Gasteiger partial charge in [-0.25, -0.2) is 13.9 Å². The molecule has 1 saturated carbocycles. The van der Waals surface area contributed by atoms with Gasteiger partial charge in [-0.1, -0.05) is 75.6 Å². The molecule has 1 aliphatic rings. The monoisotopic (exact) mass is 479 g/mol. The quantitative estimate of drug-likeness (QED) is 0.332. The van der Waals surface area contributed by atoms with E-state index in [1.807, 2.05) is 50.3 Å². The van der Waals surface area contributed by atoms with Crippen molar-refractivity contribution in [3.05, 3.63) is 42.0 Å². The standard InChI is InChI=1S/C24H37N3O5S/c1-18(2)17-22(21(24(29)26-30)16-10-13-19-11-6-4-7-12-19)23(28)25-27(33(3,31)32)20-14-8-5-9-15-20/h4,6-7,10-13,18,20-22,30H,5,8-9,14-17H2,1-3H3,(H,25,28)(H,26,29)/t21-,22+/m0/s1. The lowest BCUT2D eigenvalue weighted by atomic mass is 9.82. The second-order valence-corrected chi connectivity index (χ2v) is 11.1. The van der Waals surface area contributed by atoms with E-state index < -0.39 is 33.7 Å². The van der Waals surface area contributed by atoms with E-state index in [9.17, 15) is 23.2 Å². The summed E-state index contributed by atoms with van der Waals surface area (Å²) in [6.45, 7) is 3.87. The smallest absolute Gasteiger partial charge is 0.247 e. The Kier molecular flexibility index (Phi) is 10.5. The van der Waals surface area contributed by atoms with E-state index in [2.05, 4.69) is 5.43 Å². The highest BCUT2D eigenvalue weighted by atomic mass is 32.2. The average molecular weight is 480 g/mol. The molecule has 0 radical (unpaired) electrons. The van der Waals surface area contributed by atoms with Gasteiger partial charge in [0.2, 0.25) is 21.8 Å². The average Bonchev–Trinajstić information content (AvgIpc) is 2.78. The molecule has 33 heavy (non-hydrogen) atoms. The van der Waals surface area contributed by atoms with E-state index in [0.717, 1.165) is 35.5 Å². The van der Waals surface area contributed by atoms with Crippen LogP contribution in [0.15, 0.2) is 36.4 Å². The first-order valence-corrected chi connectivity index (χ1v) is 13.4. The van der Waals surface area contributed by atoms with E-state index in [-0.39, 0.29) is 18.4 Å². The zero-order chi connectivity index (χ0) is 24.4. The number of benzene rings is 1. The van der Waals surface area contributed by atoms with Crippen molar-refractivity contribution in [1.29, 1.82) is 0 Å². The number of nitrogens with one attached hydrogen (secondary N) is 2. The Labute approximate surface area is 197 Å². The maximum Gasteiger partial charge on any atom is 0.247 e. The number of hydroxylamine groups is 1. The number of carbonyl (C=O) groups excluding carboxylic acids is 2. The Morgan fingerprint density at radius 3 is 2.27 bits per heavy atom. The van der Waals surface area contributed by atoms with Crippen LogP contribution in [0.2, 0.25) is 0 Å². The number of amides is 2. The first kappa shape index (κ1) is 27.0. The van der Waals surface area contributed by atoms with Gasteiger partial charge >= 0.3 is 0 Å². The van der Waals surface area contributed by atoms with Gasteiger partial charge in [-0.05, 0) is 37.2 Å². The lowest BCUT2D eigenvalue weighted by molar-refractivity contribution is -0.142. The van der Waals surface area contributed by atoms with E-state index >= 15 is 0 Å². The number of rotatable bonds is 11. The van der Waals surface area contributed by atoms with Crippen LogP contribution < -0.4 is 10.9 Å². The molecule has 0 unspecified atom stereocenters. The molecule has 9 heteroatoms. The third kappa shape index (κ3) is 8.57. The van der Waals surface area contributed by atoms with Crippen LogP contribution in [0.4, 0.5) is 0 Å². The minimum absolute atomic E-state index is 0.0780. The van der Waals surface area contributed by atoms with Crippen molar-refractivity contribution in [2.45, 2.75) is 64.8 Å². The van der Waals surface area contributed by atoms with Crippen molar-refractivity contribution < 1.29 is 23.2 Å². The molecule has 1 aromatic rings. The van der Waals surface area contributed by atoms with Crippen molar-refractivity contribution in [3.63, 3.8) is 0 Å². The fourth-order valence-electron chi connectivity index (χ4n) is 4.37. The summed E-state index contributed by atoms with van der Waals surface area (Å²) in [6, 6.07) is 9.26. The minimum Gasteiger partial charge on any atom is -0.289 e. The van der Waals surface area contributed by atoms with Gasteiger partial charge < -0.3 is 0 Å². The van der Waals surface area contributed by atoms with Gasteiger partial charge in [-0.2, -0.15) is 0 Å². The predicted octanol–water partition coefficient (Wildman–Crippen LogP) is 3.50. The van der Waals surface area contributed by atoms with Crippen LogP contribution in [-0.4, -0.2) is 42.2 Å². The molecule has 1 aliphatic carbocycles. The highest BCUT2D eigenvalue weighted by Gasteiger charge is 2.37. The molecule has 3 N–H and O–H groups in total. The zero-order valence-electron chi connectivity index (χ0n) is 19.7. The van der Waals surface area contributed by atoms with Crippen molar-refractivity contribution in [3.8, 4) is 0 Å². The first-order valence-electron chi connectivity index (χ1n) is 11.6. The fraction of sp³-hybridized carbons (Fsp3) is 0.583. The molecule has 0 spiro atoms. The van der Waals surface area contributed by atoms with Crippen molar-refractivity contribution in [2.75, 3.05) is 6.26 Å². The number of hydrogen-bond acceptors (Lipinski definition) is 5. The van der Waals surface area contributed by atoms with Crippen LogP contribution in [-0.2, 0) is 19.6 Å². The SMILES string of the molecule is CC(C)C[C@@H](C(=O)NN(C1CCCCC1)S(C)(=O)=O)[C@H](CC=Cc1ccccc1)C(=O)NO. The number of allylic oxidation sites excluding steroid dienone is 1. The molecule has 0 aliphatic heterocycles. The molecule has 2 amide bonds. The van der Waals surface area contributed by atoms with Crippen LogP contribution in [0.3, 0.4) is 0 Å². The van der Waals surface area contributed by atoms with Crippen molar-refractivity contribution in [1.82, 2.24) is 15.3 Å². The molecule has 0 aromatic heterocycles. The Hall–Kier alpha value is -2.23. The number of carbonyl (C=O) groups is 2. The molecule has 2 atom stereocenters. The van der Waals surface area contributed by atoms with Gasteiger partial charge in [-0.3, -0.25) is 20.2 Å². The second kappa shape index (κ2) is 12.9. The first-order chi connectivity index (χ1) is 15.6. The molecule has 184 valence electrons. The number of nitrogens with zero attached hydrogens (tertiary/aromatic N) is 1. The topological polar surface area (TPSA) is 116 Å². The lowest BCUT2D eigenvalue weighted by Crippen LogP contribution is -2.55. The summed E-state index contributed by atoms with van der Waals surface area (Å²) in [7, 11) is -3.69. The van der Waals surface area contributed by atoms with Gasteiger partial charge in [-0.15, -0.1) is 4.41 Å². The van der Waals surface area contributed by atoms with Crippen molar-refractivity contribution >= 4 is 27.9 Å². The van der Waals surface area contributed by atoms with E-state index in [1.165, 1.54) is 0 Å². The Morgan fingerprint density at radius 1 is 1.09 bits per heavy atom. The van der Waals surface area contributed by atoms with Crippen LogP contribution in [0.25, 0.3) is 6.08 Å². The van der Waals surface area contributed by atoms with E-state index in [0.29, 0.717) is 19.3 Å². The van der Waals surface area contributed by atoms with Crippen LogP contribution in [0, 0.1) is 17.8 Å². The van der Waals surface area contributed by atoms with Gasteiger partial charge in [0.15, 0.2) is 0 Å². The second-order valence-electron chi connectivity index (χ2n) is 9.19. The Balaban J connectivity index is 2.26. The van der Waals surface area contributed by atoms with Gasteiger partial charge in [0.25, 0.3) is 0 Å². The zero-order valence-corrected chi connectivity index (χ0v) is 20.6. The molecule has 2 rings (SSSR count). The van der Waals surface area contributed by atoms with Crippen LogP contribution in [0.1, 0.15) is 64.4 Å². The molecule has 0 saturated heterocycles. The van der Waals surface area contributed by atoms with Crippen LogP contribution in [0.5, 0.6) is 0 Å². The Bertz CT molecular complexity index is 896. The molecule has 1 aromatic carbocycles. The maximum atomic E-state index is 13.4. The molecular formula is C24H37N3O5S. The third-order valence-electron chi connectivity index (χ3n) is 5.98. The summed E-state index contributed by atoms with van der Waals surface area (Å²) in [5.41, 5.74) is 5.26. The summed E-state index contributed by atoms with van der Waals surface area (Å²) in [6.07, 6.45) is 9.54. The van der Waals surface area contributed by atoms with Gasteiger partial charge in [0.1, 0.15) is 0 Å². The summed E-state index contributed by atoms with van der Waals surface area (Å²) in [5.74, 6) is -2.79. The molecular weight excluding hydrogens is 442 g/mol. The van der Waals surface area contributed by atoms with Crippen LogP contribution >= 0.6 is 0 Å². The summed E-state index contributed by atoms with van der Waals surface area (Å²) in [4.78, 5) is 25.9. The molecule has 8 nitrogen and oxygen atoms in total. The number of hydrogen-bond donors (Lipinski definition) is 3.